The first-order valence-corrected chi connectivity index (χ1v) is 11.7. The fourth-order valence-corrected chi connectivity index (χ4v) is 4.11. The predicted molar refractivity (Wildman–Crippen MR) is 124 cm³/mol. The van der Waals surface area contributed by atoms with E-state index in [-0.39, 0.29) is 6.04 Å². The molecule has 2 heterocycles. The molecule has 0 radical (unpaired) electrons. The highest BCUT2D eigenvalue weighted by molar-refractivity contribution is 5.67. The molecule has 3 rings (SSSR count). The Morgan fingerprint density at radius 3 is 2.45 bits per heavy atom. The first-order chi connectivity index (χ1) is 15.7. The smallest absolute Gasteiger partial charge is 0.497 e. The zero-order valence-electron chi connectivity index (χ0n) is 20.1. The van der Waals surface area contributed by atoms with Crippen LogP contribution in [-0.4, -0.2) is 80.8 Å². The van der Waals surface area contributed by atoms with Crippen molar-refractivity contribution in [3.63, 3.8) is 0 Å². The molecule has 1 aromatic rings. The highest BCUT2D eigenvalue weighted by atomic mass is 16.7. The van der Waals surface area contributed by atoms with Crippen molar-refractivity contribution in [3.8, 4) is 5.75 Å². The van der Waals surface area contributed by atoms with Crippen molar-refractivity contribution in [2.45, 2.75) is 63.9 Å². The highest BCUT2D eigenvalue weighted by Crippen LogP contribution is 2.22. The highest BCUT2D eigenvalue weighted by Gasteiger charge is 2.42. The molecule has 0 aromatic heterocycles. The third kappa shape index (κ3) is 8.08. The summed E-state index contributed by atoms with van der Waals surface area (Å²) in [6.07, 6.45) is 0.426. The summed E-state index contributed by atoms with van der Waals surface area (Å²) < 4.78 is 21.8. The standard InChI is InChI=1S/C24H37N3O6/c1-24(2,3)33-23(29)31-20-16-26-19(15-17-7-9-18(30-4)10-8-17)21(20)32-22(28)25-11-14-27-12-5-6-13-27/h7-10,19-21,26H,5-6,11-16H2,1-4H3,(H,25,28)/t19?,20-,21-/m0/s1. The molecular formula is C24H37N3O6. The van der Waals surface area contributed by atoms with Crippen LogP contribution < -0.4 is 15.4 Å². The fourth-order valence-electron chi connectivity index (χ4n) is 4.11. The van der Waals surface area contributed by atoms with Crippen molar-refractivity contribution in [1.29, 1.82) is 0 Å². The van der Waals surface area contributed by atoms with Crippen molar-refractivity contribution in [2.75, 3.05) is 39.8 Å². The summed E-state index contributed by atoms with van der Waals surface area (Å²) in [4.78, 5) is 27.1. The third-order valence-corrected chi connectivity index (χ3v) is 5.74. The number of alkyl carbamates (subject to hydrolysis) is 1. The molecular weight excluding hydrogens is 426 g/mol. The summed E-state index contributed by atoms with van der Waals surface area (Å²) in [5, 5.41) is 6.16. The lowest BCUT2D eigenvalue weighted by Gasteiger charge is -2.26. The first kappa shape index (κ1) is 25.1. The monoisotopic (exact) mass is 463 g/mol. The maximum Gasteiger partial charge on any atom is 0.509 e. The zero-order valence-corrected chi connectivity index (χ0v) is 20.1. The number of methoxy groups -OCH3 is 1. The van der Waals surface area contributed by atoms with Gasteiger partial charge in [-0.05, 0) is 70.8 Å². The van der Waals surface area contributed by atoms with Crippen molar-refractivity contribution in [3.05, 3.63) is 29.8 Å². The predicted octanol–water partition coefficient (Wildman–Crippen LogP) is 2.72. The lowest BCUT2D eigenvalue weighted by Crippen LogP contribution is -2.44. The van der Waals surface area contributed by atoms with Gasteiger partial charge >= 0.3 is 12.2 Å². The van der Waals surface area contributed by atoms with E-state index in [2.05, 4.69) is 15.5 Å². The Bertz CT molecular complexity index is 773. The van der Waals surface area contributed by atoms with Gasteiger partial charge in [0.25, 0.3) is 0 Å². The topological polar surface area (TPSA) is 98.4 Å². The van der Waals surface area contributed by atoms with E-state index in [1.165, 1.54) is 12.8 Å². The van der Waals surface area contributed by atoms with Gasteiger partial charge in [0.05, 0.1) is 13.2 Å². The van der Waals surface area contributed by atoms with E-state index in [1.54, 1.807) is 27.9 Å². The number of amides is 1. The van der Waals surface area contributed by atoms with Crippen LogP contribution in [0.25, 0.3) is 0 Å². The molecule has 9 nitrogen and oxygen atoms in total. The number of nitrogens with one attached hydrogen (secondary N) is 2. The van der Waals surface area contributed by atoms with E-state index in [9.17, 15) is 9.59 Å². The lowest BCUT2D eigenvalue weighted by atomic mass is 10.0. The van der Waals surface area contributed by atoms with Crippen LogP contribution in [0.15, 0.2) is 24.3 Å². The van der Waals surface area contributed by atoms with Crippen molar-refractivity contribution in [1.82, 2.24) is 15.5 Å². The molecule has 1 amide bonds. The number of nitrogens with zero attached hydrogens (tertiary/aromatic N) is 1. The largest absolute Gasteiger partial charge is 0.509 e. The van der Waals surface area contributed by atoms with Gasteiger partial charge in [-0.3, -0.25) is 0 Å². The van der Waals surface area contributed by atoms with E-state index >= 15 is 0 Å². The van der Waals surface area contributed by atoms with E-state index < -0.39 is 30.1 Å². The molecule has 184 valence electrons. The summed E-state index contributed by atoms with van der Waals surface area (Å²) in [5.74, 6) is 0.773. The van der Waals surface area contributed by atoms with Crippen LogP contribution in [0.4, 0.5) is 9.59 Å². The molecule has 0 spiro atoms. The Hall–Kier alpha value is -2.52. The van der Waals surface area contributed by atoms with Gasteiger partial charge in [-0.25, -0.2) is 9.59 Å². The molecule has 1 unspecified atom stereocenters. The maximum absolute atomic E-state index is 12.5. The second-order valence-corrected chi connectivity index (χ2v) is 9.53. The summed E-state index contributed by atoms with van der Waals surface area (Å²) >= 11 is 0. The van der Waals surface area contributed by atoms with Crippen LogP contribution >= 0.6 is 0 Å². The average Bonchev–Trinajstić information content (AvgIpc) is 3.39. The lowest BCUT2D eigenvalue weighted by molar-refractivity contribution is -0.0518. The SMILES string of the molecule is COc1ccc(CC2NC[C@H](OC(=O)OC(C)(C)C)[C@H]2OC(=O)NCCN2CCCC2)cc1. The minimum Gasteiger partial charge on any atom is -0.497 e. The Morgan fingerprint density at radius 1 is 1.12 bits per heavy atom. The van der Waals surface area contributed by atoms with Gasteiger partial charge < -0.3 is 34.5 Å². The quantitative estimate of drug-likeness (QED) is 0.568. The van der Waals surface area contributed by atoms with Gasteiger partial charge in [-0.1, -0.05) is 12.1 Å². The number of carbonyl (C=O) groups excluding carboxylic acids is 2. The molecule has 33 heavy (non-hydrogen) atoms. The molecule has 2 aliphatic rings. The second kappa shape index (κ2) is 11.6. The molecule has 3 atom stereocenters. The third-order valence-electron chi connectivity index (χ3n) is 5.74. The van der Waals surface area contributed by atoms with Gasteiger partial charge in [-0.2, -0.15) is 0 Å². The Labute approximate surface area is 196 Å². The van der Waals surface area contributed by atoms with E-state index in [0.29, 0.717) is 19.5 Å². The van der Waals surface area contributed by atoms with Crippen LogP contribution in [0.2, 0.25) is 0 Å². The van der Waals surface area contributed by atoms with Crippen LogP contribution in [0, 0.1) is 0 Å². The van der Waals surface area contributed by atoms with Crippen molar-refractivity contribution < 1.29 is 28.5 Å². The average molecular weight is 464 g/mol. The van der Waals surface area contributed by atoms with Crippen LogP contribution in [0.5, 0.6) is 5.75 Å². The molecule has 2 N–H and O–H groups in total. The minimum atomic E-state index is -0.776. The summed E-state index contributed by atoms with van der Waals surface area (Å²) in [6, 6.07) is 7.50. The number of hydrogen-bond donors (Lipinski definition) is 2. The van der Waals surface area contributed by atoms with Crippen LogP contribution in [-0.2, 0) is 20.6 Å². The summed E-state index contributed by atoms with van der Waals surface area (Å²) in [6.45, 7) is 9.13. The second-order valence-electron chi connectivity index (χ2n) is 9.53. The molecule has 2 fully saturated rings. The molecule has 1 aromatic carbocycles. The number of hydrogen-bond acceptors (Lipinski definition) is 8. The number of carbonyl (C=O) groups is 2. The Morgan fingerprint density at radius 2 is 1.82 bits per heavy atom. The van der Waals surface area contributed by atoms with Gasteiger partial charge in [-0.15, -0.1) is 0 Å². The number of rotatable bonds is 8. The Kier molecular flexibility index (Phi) is 8.80. The molecule has 2 saturated heterocycles. The molecule has 0 aliphatic carbocycles. The number of likely N-dealkylation sites (tertiary alicyclic amines) is 1. The molecule has 2 aliphatic heterocycles. The zero-order chi connectivity index (χ0) is 23.8. The Balaban J connectivity index is 1.60. The summed E-state index contributed by atoms with van der Waals surface area (Å²) in [5.41, 5.74) is 0.379. The van der Waals surface area contributed by atoms with Crippen LogP contribution in [0.1, 0.15) is 39.2 Å². The minimum absolute atomic E-state index is 0.213. The maximum atomic E-state index is 12.5. The number of benzene rings is 1. The molecule has 0 saturated carbocycles. The normalized spacial score (nSPS) is 23.2. The fraction of sp³-hybridized carbons (Fsp3) is 0.667. The molecule has 0 bridgehead atoms. The van der Waals surface area contributed by atoms with Crippen molar-refractivity contribution in [2.24, 2.45) is 0 Å². The van der Waals surface area contributed by atoms with E-state index in [1.807, 2.05) is 24.3 Å². The van der Waals surface area contributed by atoms with Gasteiger partial charge in [0.15, 0.2) is 12.2 Å². The first-order valence-electron chi connectivity index (χ1n) is 11.7. The number of ether oxygens (including phenoxy) is 4. The van der Waals surface area contributed by atoms with Crippen molar-refractivity contribution >= 4 is 12.2 Å². The molecule has 9 heteroatoms. The van der Waals surface area contributed by atoms with Crippen LogP contribution in [0.3, 0.4) is 0 Å². The van der Waals surface area contributed by atoms with Gasteiger partial charge in [0.1, 0.15) is 11.4 Å². The van der Waals surface area contributed by atoms with Gasteiger partial charge in [0.2, 0.25) is 0 Å². The summed E-state index contributed by atoms with van der Waals surface area (Å²) in [7, 11) is 1.62. The van der Waals surface area contributed by atoms with E-state index in [4.69, 9.17) is 18.9 Å². The van der Waals surface area contributed by atoms with E-state index in [0.717, 1.165) is 30.9 Å². The van der Waals surface area contributed by atoms with Gasteiger partial charge in [0, 0.05) is 19.6 Å².